The third-order valence-electron chi connectivity index (χ3n) is 3.49. The molecule has 1 saturated heterocycles. The second kappa shape index (κ2) is 5.21. The molecule has 1 N–H and O–H groups in total. The fourth-order valence-electron chi connectivity index (χ4n) is 2.71. The summed E-state index contributed by atoms with van der Waals surface area (Å²) >= 11 is 0. The van der Waals surface area contributed by atoms with Crippen molar-refractivity contribution in [2.24, 2.45) is 0 Å². The van der Waals surface area contributed by atoms with Crippen molar-refractivity contribution in [2.75, 3.05) is 11.4 Å². The lowest BCUT2D eigenvalue weighted by atomic mass is 10.0. The molecule has 0 radical (unpaired) electrons. The van der Waals surface area contributed by atoms with E-state index in [0.717, 1.165) is 19.4 Å². The van der Waals surface area contributed by atoms with Crippen molar-refractivity contribution in [3.05, 3.63) is 29.3 Å². The molecule has 0 aliphatic carbocycles. The van der Waals surface area contributed by atoms with Gasteiger partial charge in [-0.15, -0.1) is 0 Å². The number of carbonyl (C=O) groups excluding carboxylic acids is 1. The predicted octanol–water partition coefficient (Wildman–Crippen LogP) is 2.37. The van der Waals surface area contributed by atoms with E-state index in [1.165, 1.54) is 29.7 Å². The van der Waals surface area contributed by atoms with Crippen LogP contribution in [0.2, 0.25) is 0 Å². The molecule has 1 fully saturated rings. The molecule has 1 aromatic rings. The average Bonchev–Trinajstić information content (AvgIpc) is 2.31. The molecular formula is C14H20N2O. The van der Waals surface area contributed by atoms with E-state index in [2.05, 4.69) is 42.3 Å². The average molecular weight is 232 g/mol. The lowest BCUT2D eigenvalue weighted by Crippen LogP contribution is -2.48. The molecule has 0 unspecified atom stereocenters. The molecule has 3 heteroatoms. The van der Waals surface area contributed by atoms with Crippen molar-refractivity contribution in [1.82, 2.24) is 5.32 Å². The number of nitrogens with one attached hydrogen (secondary N) is 1. The van der Waals surface area contributed by atoms with Crippen molar-refractivity contribution >= 4 is 12.1 Å². The molecule has 1 aliphatic heterocycles. The molecule has 0 bridgehead atoms. The van der Waals surface area contributed by atoms with Gasteiger partial charge in [-0.25, -0.2) is 0 Å². The largest absolute Gasteiger partial charge is 0.351 e. The van der Waals surface area contributed by atoms with Crippen molar-refractivity contribution < 1.29 is 4.79 Å². The summed E-state index contributed by atoms with van der Waals surface area (Å²) in [6.07, 6.45) is 4.39. The molecule has 2 rings (SSSR count). The second-order valence-electron chi connectivity index (χ2n) is 4.73. The molecule has 1 aliphatic rings. The number of para-hydroxylation sites is 1. The van der Waals surface area contributed by atoms with Gasteiger partial charge < -0.3 is 10.2 Å². The Kier molecular flexibility index (Phi) is 3.67. The highest BCUT2D eigenvalue weighted by atomic mass is 16.1. The van der Waals surface area contributed by atoms with Crippen molar-refractivity contribution in [3.63, 3.8) is 0 Å². The summed E-state index contributed by atoms with van der Waals surface area (Å²) in [5.74, 6) is 0. The Morgan fingerprint density at radius 2 is 2.00 bits per heavy atom. The Balaban J connectivity index is 2.32. The van der Waals surface area contributed by atoms with E-state index < -0.39 is 0 Å². The first-order chi connectivity index (χ1) is 8.24. The number of carbonyl (C=O) groups is 1. The lowest BCUT2D eigenvalue weighted by molar-refractivity contribution is -0.110. The van der Waals surface area contributed by atoms with Crippen molar-refractivity contribution in [3.8, 4) is 0 Å². The zero-order valence-corrected chi connectivity index (χ0v) is 10.6. The van der Waals surface area contributed by atoms with Gasteiger partial charge >= 0.3 is 0 Å². The van der Waals surface area contributed by atoms with Gasteiger partial charge in [0.25, 0.3) is 0 Å². The first-order valence-electron chi connectivity index (χ1n) is 6.26. The monoisotopic (exact) mass is 232 g/mol. The van der Waals surface area contributed by atoms with Crippen LogP contribution in [0.5, 0.6) is 0 Å². The maximum Gasteiger partial charge on any atom is 0.208 e. The third-order valence-corrected chi connectivity index (χ3v) is 3.49. The van der Waals surface area contributed by atoms with Crippen LogP contribution in [0.4, 0.5) is 5.69 Å². The molecule has 1 heterocycles. The summed E-state index contributed by atoms with van der Waals surface area (Å²) in [5.41, 5.74) is 3.85. The van der Waals surface area contributed by atoms with Gasteiger partial charge in [0.2, 0.25) is 6.41 Å². The molecule has 1 amide bonds. The topological polar surface area (TPSA) is 32.3 Å². The molecule has 17 heavy (non-hydrogen) atoms. The molecule has 0 saturated carbocycles. The maximum atomic E-state index is 10.7. The highest BCUT2D eigenvalue weighted by Gasteiger charge is 2.23. The lowest BCUT2D eigenvalue weighted by Gasteiger charge is -2.38. The highest BCUT2D eigenvalue weighted by Crippen LogP contribution is 2.29. The molecule has 92 valence electrons. The third kappa shape index (κ3) is 2.43. The van der Waals surface area contributed by atoms with Gasteiger partial charge in [-0.3, -0.25) is 4.79 Å². The second-order valence-corrected chi connectivity index (χ2v) is 4.73. The summed E-state index contributed by atoms with van der Waals surface area (Å²) in [5, 5.41) is 2.93. The Hall–Kier alpha value is -1.51. The first-order valence-corrected chi connectivity index (χ1v) is 6.26. The first kappa shape index (κ1) is 12.0. The van der Waals surface area contributed by atoms with Crippen molar-refractivity contribution in [2.45, 2.75) is 39.3 Å². The van der Waals surface area contributed by atoms with Crippen LogP contribution in [-0.2, 0) is 4.79 Å². The van der Waals surface area contributed by atoms with Gasteiger partial charge in [0, 0.05) is 12.2 Å². The minimum Gasteiger partial charge on any atom is -0.351 e. The number of anilines is 1. The highest BCUT2D eigenvalue weighted by molar-refractivity contribution is 5.61. The molecule has 0 aromatic heterocycles. The molecule has 1 aromatic carbocycles. The molecular weight excluding hydrogens is 212 g/mol. The smallest absolute Gasteiger partial charge is 0.208 e. The number of rotatable bonds is 3. The summed E-state index contributed by atoms with van der Waals surface area (Å²) in [7, 11) is 0. The van der Waals surface area contributed by atoms with E-state index in [9.17, 15) is 4.79 Å². The standard InChI is InChI=1S/C14H20N2O/c1-11-6-5-7-12(2)14(11)16-9-4-3-8-13(16)15-10-17/h5-7,10,13H,3-4,8-9H2,1-2H3,(H,15,17)/t13-/m1/s1. The molecule has 3 nitrogen and oxygen atoms in total. The fraction of sp³-hybridized carbons (Fsp3) is 0.500. The van der Waals surface area contributed by atoms with E-state index >= 15 is 0 Å². The van der Waals surface area contributed by atoms with Gasteiger partial charge in [-0.1, -0.05) is 18.2 Å². The number of amides is 1. The Morgan fingerprint density at radius 3 is 2.65 bits per heavy atom. The Bertz CT molecular complexity index is 383. The van der Waals surface area contributed by atoms with Crippen LogP contribution >= 0.6 is 0 Å². The summed E-state index contributed by atoms with van der Waals surface area (Å²) in [6.45, 7) is 5.29. The fourth-order valence-corrected chi connectivity index (χ4v) is 2.71. The normalized spacial score (nSPS) is 20.1. The van der Waals surface area contributed by atoms with Crippen LogP contribution in [0.1, 0.15) is 30.4 Å². The van der Waals surface area contributed by atoms with Gasteiger partial charge in [-0.05, 0) is 44.2 Å². The Morgan fingerprint density at radius 1 is 1.29 bits per heavy atom. The van der Waals surface area contributed by atoms with E-state index in [0.29, 0.717) is 0 Å². The van der Waals surface area contributed by atoms with E-state index in [-0.39, 0.29) is 6.17 Å². The van der Waals surface area contributed by atoms with Crippen LogP contribution in [0.3, 0.4) is 0 Å². The van der Waals surface area contributed by atoms with E-state index in [4.69, 9.17) is 0 Å². The van der Waals surface area contributed by atoms with Gasteiger partial charge in [-0.2, -0.15) is 0 Å². The number of benzene rings is 1. The zero-order valence-electron chi connectivity index (χ0n) is 10.6. The minimum absolute atomic E-state index is 0.154. The SMILES string of the molecule is Cc1cccc(C)c1N1CCCC[C@@H]1NC=O. The van der Waals surface area contributed by atoms with Crippen molar-refractivity contribution in [1.29, 1.82) is 0 Å². The summed E-state index contributed by atoms with van der Waals surface area (Å²) in [4.78, 5) is 13.0. The van der Waals surface area contributed by atoms with E-state index in [1.54, 1.807) is 0 Å². The van der Waals surface area contributed by atoms with Gasteiger partial charge in [0.15, 0.2) is 0 Å². The quantitative estimate of drug-likeness (QED) is 0.811. The molecule has 0 spiro atoms. The van der Waals surface area contributed by atoms with Crippen LogP contribution in [0.25, 0.3) is 0 Å². The van der Waals surface area contributed by atoms with Crippen LogP contribution in [0.15, 0.2) is 18.2 Å². The summed E-state index contributed by atoms with van der Waals surface area (Å²) in [6, 6.07) is 6.35. The number of hydrogen-bond donors (Lipinski definition) is 1. The number of hydrogen-bond acceptors (Lipinski definition) is 2. The number of aryl methyl sites for hydroxylation is 2. The molecule has 1 atom stereocenters. The van der Waals surface area contributed by atoms with Crippen LogP contribution in [-0.4, -0.2) is 19.1 Å². The van der Waals surface area contributed by atoms with E-state index in [1.807, 2.05) is 0 Å². The predicted molar refractivity (Wildman–Crippen MR) is 70.1 cm³/mol. The van der Waals surface area contributed by atoms with Crippen LogP contribution in [0, 0.1) is 13.8 Å². The zero-order chi connectivity index (χ0) is 12.3. The maximum absolute atomic E-state index is 10.7. The van der Waals surface area contributed by atoms with Gasteiger partial charge in [0.05, 0.1) is 0 Å². The Labute approximate surface area is 103 Å². The number of nitrogens with zero attached hydrogens (tertiary/aromatic N) is 1. The van der Waals surface area contributed by atoms with Gasteiger partial charge in [0.1, 0.15) is 6.17 Å². The number of piperidine rings is 1. The van der Waals surface area contributed by atoms with Crippen LogP contribution < -0.4 is 10.2 Å². The minimum atomic E-state index is 0.154. The summed E-state index contributed by atoms with van der Waals surface area (Å²) < 4.78 is 0.